The van der Waals surface area contributed by atoms with Crippen LogP contribution in [0, 0.1) is 0 Å². The summed E-state index contributed by atoms with van der Waals surface area (Å²) in [5.74, 6) is 0. The molecule has 146 valence electrons. The van der Waals surface area contributed by atoms with Gasteiger partial charge in [0.1, 0.15) is 0 Å². The summed E-state index contributed by atoms with van der Waals surface area (Å²) in [5.41, 5.74) is 2.55. The lowest BCUT2D eigenvalue weighted by Crippen LogP contribution is -2.41. The zero-order valence-electron chi connectivity index (χ0n) is 16.9. The summed E-state index contributed by atoms with van der Waals surface area (Å²) in [7, 11) is -0.337. The number of imidazole rings is 1. The fourth-order valence-corrected chi connectivity index (χ4v) is 3.67. The molecule has 2 aromatic rings. The van der Waals surface area contributed by atoms with E-state index in [1.54, 1.807) is 0 Å². The maximum Gasteiger partial charge on any atom is 0.494 e. The average molecular weight is 371 g/mol. The van der Waals surface area contributed by atoms with Crippen LogP contribution in [0.3, 0.4) is 0 Å². The Morgan fingerprint density at radius 2 is 1.74 bits per heavy atom. The lowest BCUT2D eigenvalue weighted by molar-refractivity contribution is 0.00578. The quantitative estimate of drug-likeness (QED) is 0.753. The van der Waals surface area contributed by atoms with Crippen molar-refractivity contribution in [1.82, 2.24) is 14.5 Å². The van der Waals surface area contributed by atoms with Gasteiger partial charge >= 0.3 is 7.12 Å². The van der Waals surface area contributed by atoms with Gasteiger partial charge in [0.2, 0.25) is 0 Å². The monoisotopic (exact) mass is 371 g/mol. The van der Waals surface area contributed by atoms with Gasteiger partial charge in [-0.25, -0.2) is 4.98 Å². The summed E-state index contributed by atoms with van der Waals surface area (Å²) in [6.07, 6.45) is 3.05. The van der Waals surface area contributed by atoms with E-state index in [0.717, 1.165) is 62.3 Å². The molecule has 4 rings (SSSR count). The topological polar surface area (TPSA) is 48.8 Å². The van der Waals surface area contributed by atoms with Crippen molar-refractivity contribution in [3.05, 3.63) is 24.5 Å². The van der Waals surface area contributed by atoms with E-state index in [4.69, 9.17) is 14.0 Å². The Morgan fingerprint density at radius 3 is 2.44 bits per heavy atom. The molecule has 6 nitrogen and oxygen atoms in total. The summed E-state index contributed by atoms with van der Waals surface area (Å²) < 4.78 is 20.1. The standard InChI is InChI=1S/C20H30BN3O3/c1-19(2)20(3,4)27-21(26-19)16-6-7-17-18(14-16)24(15-22-17)9-5-8-23-10-12-25-13-11-23/h6-7,14-15H,5,8-13H2,1-4H3. The van der Waals surface area contributed by atoms with Crippen LogP contribution < -0.4 is 5.46 Å². The van der Waals surface area contributed by atoms with Crippen LogP contribution in [0.15, 0.2) is 24.5 Å². The predicted octanol–water partition coefficient (Wildman–Crippen LogP) is 2.06. The van der Waals surface area contributed by atoms with Gasteiger partial charge in [-0.3, -0.25) is 4.90 Å². The Labute approximate surface area is 161 Å². The van der Waals surface area contributed by atoms with Crippen molar-refractivity contribution in [2.45, 2.75) is 51.9 Å². The van der Waals surface area contributed by atoms with Crippen LogP contribution in [-0.2, 0) is 20.6 Å². The Morgan fingerprint density at radius 1 is 1.04 bits per heavy atom. The van der Waals surface area contributed by atoms with E-state index in [2.05, 4.69) is 60.3 Å². The molecular weight excluding hydrogens is 341 g/mol. The second kappa shape index (κ2) is 7.20. The molecule has 1 aromatic carbocycles. The third-order valence-corrected chi connectivity index (χ3v) is 6.15. The maximum absolute atomic E-state index is 6.21. The second-order valence-electron chi connectivity index (χ2n) is 8.58. The predicted molar refractivity (Wildman–Crippen MR) is 107 cm³/mol. The molecule has 0 atom stereocenters. The number of rotatable bonds is 5. The number of hydrogen-bond donors (Lipinski definition) is 0. The molecule has 3 heterocycles. The number of fused-ring (bicyclic) bond motifs is 1. The van der Waals surface area contributed by atoms with E-state index < -0.39 is 0 Å². The van der Waals surface area contributed by atoms with Gasteiger partial charge in [-0.2, -0.15) is 0 Å². The Hall–Kier alpha value is -1.41. The van der Waals surface area contributed by atoms with Crippen molar-refractivity contribution >= 4 is 23.6 Å². The molecule has 2 aliphatic rings. The van der Waals surface area contributed by atoms with E-state index in [0.29, 0.717) is 0 Å². The number of benzene rings is 1. The Bertz CT molecular complexity index is 783. The average Bonchev–Trinajstić information content (AvgIpc) is 3.13. The molecule has 0 spiro atoms. The molecule has 0 aliphatic carbocycles. The van der Waals surface area contributed by atoms with Gasteiger partial charge in [0.15, 0.2) is 0 Å². The molecule has 0 saturated carbocycles. The summed E-state index contributed by atoms with van der Waals surface area (Å²) in [4.78, 5) is 7.03. The minimum atomic E-state index is -0.337. The second-order valence-corrected chi connectivity index (χ2v) is 8.58. The first-order valence-electron chi connectivity index (χ1n) is 9.96. The van der Waals surface area contributed by atoms with E-state index in [-0.39, 0.29) is 18.3 Å². The first kappa shape index (κ1) is 18.9. The first-order valence-corrected chi connectivity index (χ1v) is 9.96. The van der Waals surface area contributed by atoms with Gasteiger partial charge in [-0.1, -0.05) is 6.07 Å². The number of nitrogens with zero attached hydrogens (tertiary/aromatic N) is 3. The number of morpholine rings is 1. The number of aryl methyl sites for hydroxylation is 1. The summed E-state index contributed by atoms with van der Waals surface area (Å²) in [5, 5.41) is 0. The van der Waals surface area contributed by atoms with Gasteiger partial charge in [-0.15, -0.1) is 0 Å². The van der Waals surface area contributed by atoms with Crippen LogP contribution in [-0.4, -0.2) is 65.6 Å². The molecule has 1 aromatic heterocycles. The van der Waals surface area contributed by atoms with Crippen molar-refractivity contribution in [3.8, 4) is 0 Å². The van der Waals surface area contributed by atoms with Gasteiger partial charge < -0.3 is 18.6 Å². The normalized spacial score (nSPS) is 22.6. The molecular formula is C20H30BN3O3. The fraction of sp³-hybridized carbons (Fsp3) is 0.650. The maximum atomic E-state index is 6.21. The highest BCUT2D eigenvalue weighted by atomic mass is 16.7. The van der Waals surface area contributed by atoms with E-state index in [9.17, 15) is 0 Å². The highest BCUT2D eigenvalue weighted by Crippen LogP contribution is 2.36. The molecule has 0 N–H and O–H groups in total. The van der Waals surface area contributed by atoms with Crippen molar-refractivity contribution in [1.29, 1.82) is 0 Å². The molecule has 0 radical (unpaired) electrons. The van der Waals surface area contributed by atoms with E-state index in [1.165, 1.54) is 0 Å². The third kappa shape index (κ3) is 3.79. The lowest BCUT2D eigenvalue weighted by atomic mass is 9.79. The largest absolute Gasteiger partial charge is 0.494 e. The van der Waals surface area contributed by atoms with Gasteiger partial charge in [0.25, 0.3) is 0 Å². The molecule has 2 saturated heterocycles. The zero-order valence-corrected chi connectivity index (χ0v) is 16.9. The number of aromatic nitrogens is 2. The fourth-order valence-electron chi connectivity index (χ4n) is 3.67. The van der Waals surface area contributed by atoms with Crippen LogP contribution in [0.4, 0.5) is 0 Å². The van der Waals surface area contributed by atoms with Crippen molar-refractivity contribution in [2.75, 3.05) is 32.8 Å². The summed E-state index contributed by atoms with van der Waals surface area (Å²) >= 11 is 0. The SMILES string of the molecule is CC1(C)OB(c2ccc3ncn(CCCN4CCOCC4)c3c2)OC1(C)C. The van der Waals surface area contributed by atoms with Gasteiger partial charge in [0.05, 0.1) is 41.8 Å². The Balaban J connectivity index is 1.46. The van der Waals surface area contributed by atoms with E-state index in [1.807, 2.05) is 6.33 Å². The lowest BCUT2D eigenvalue weighted by Gasteiger charge is -2.32. The molecule has 0 unspecified atom stereocenters. The summed E-state index contributed by atoms with van der Waals surface area (Å²) in [6.45, 7) is 14.2. The van der Waals surface area contributed by atoms with Crippen molar-refractivity contribution < 1.29 is 14.0 Å². The molecule has 0 amide bonds. The van der Waals surface area contributed by atoms with Crippen LogP contribution in [0.5, 0.6) is 0 Å². The zero-order chi connectivity index (χ0) is 19.1. The molecule has 27 heavy (non-hydrogen) atoms. The van der Waals surface area contributed by atoms with Crippen LogP contribution in [0.1, 0.15) is 34.1 Å². The number of hydrogen-bond acceptors (Lipinski definition) is 5. The smallest absolute Gasteiger partial charge is 0.399 e. The molecule has 7 heteroatoms. The minimum absolute atomic E-state index is 0.328. The van der Waals surface area contributed by atoms with Gasteiger partial charge in [0, 0.05) is 26.2 Å². The van der Waals surface area contributed by atoms with Crippen LogP contribution >= 0.6 is 0 Å². The Kier molecular flexibility index (Phi) is 5.05. The molecule has 0 bridgehead atoms. The van der Waals surface area contributed by atoms with Crippen LogP contribution in [0.2, 0.25) is 0 Å². The van der Waals surface area contributed by atoms with Crippen LogP contribution in [0.25, 0.3) is 11.0 Å². The molecule has 2 fully saturated rings. The highest BCUT2D eigenvalue weighted by Gasteiger charge is 2.51. The molecule has 2 aliphatic heterocycles. The van der Waals surface area contributed by atoms with Crippen molar-refractivity contribution in [3.63, 3.8) is 0 Å². The van der Waals surface area contributed by atoms with Crippen molar-refractivity contribution in [2.24, 2.45) is 0 Å². The first-order chi connectivity index (χ1) is 12.9. The minimum Gasteiger partial charge on any atom is -0.399 e. The van der Waals surface area contributed by atoms with E-state index >= 15 is 0 Å². The third-order valence-electron chi connectivity index (χ3n) is 6.15. The number of ether oxygens (including phenoxy) is 1. The highest BCUT2D eigenvalue weighted by molar-refractivity contribution is 6.62. The summed E-state index contributed by atoms with van der Waals surface area (Å²) in [6, 6.07) is 6.29. The van der Waals surface area contributed by atoms with Gasteiger partial charge in [-0.05, 0) is 51.7 Å².